The molecule has 2 rings (SSSR count). The van der Waals surface area contributed by atoms with Gasteiger partial charge in [0.2, 0.25) is 5.88 Å². The number of ether oxygens (including phenoxy) is 1. The lowest BCUT2D eigenvalue weighted by Crippen LogP contribution is -2.23. The van der Waals surface area contributed by atoms with Crippen LogP contribution in [0.3, 0.4) is 0 Å². The van der Waals surface area contributed by atoms with E-state index in [9.17, 15) is 0 Å². The van der Waals surface area contributed by atoms with Gasteiger partial charge in [0.15, 0.2) is 0 Å². The van der Waals surface area contributed by atoms with Crippen molar-refractivity contribution in [2.45, 2.75) is 32.2 Å². The number of aromatic nitrogens is 1. The van der Waals surface area contributed by atoms with Crippen LogP contribution in [0, 0.1) is 0 Å². The second-order valence-electron chi connectivity index (χ2n) is 4.16. The van der Waals surface area contributed by atoms with E-state index >= 15 is 0 Å². The maximum Gasteiger partial charge on any atom is 0.218 e. The quantitative estimate of drug-likeness (QED) is 0.870. The molecule has 1 aliphatic rings. The van der Waals surface area contributed by atoms with Gasteiger partial charge in [-0.2, -0.15) is 0 Å². The van der Waals surface area contributed by atoms with Crippen LogP contribution in [0.4, 0.5) is 0 Å². The van der Waals surface area contributed by atoms with E-state index in [4.69, 9.17) is 4.74 Å². The summed E-state index contributed by atoms with van der Waals surface area (Å²) in [6.45, 7) is 1.68. The van der Waals surface area contributed by atoms with E-state index in [0.717, 1.165) is 30.9 Å². The van der Waals surface area contributed by atoms with Gasteiger partial charge in [-0.3, -0.25) is 4.99 Å². The maximum atomic E-state index is 5.22. The average molecular weight is 233 g/mol. The van der Waals surface area contributed by atoms with Gasteiger partial charge in [-0.25, -0.2) is 4.98 Å². The van der Waals surface area contributed by atoms with Crippen LogP contribution in [-0.4, -0.2) is 24.5 Å². The molecule has 1 N–H and O–H groups in total. The van der Waals surface area contributed by atoms with E-state index in [0.29, 0.717) is 5.88 Å². The van der Waals surface area contributed by atoms with Gasteiger partial charge in [0.1, 0.15) is 0 Å². The third kappa shape index (κ3) is 3.44. The van der Waals surface area contributed by atoms with E-state index in [2.05, 4.69) is 15.3 Å². The van der Waals surface area contributed by atoms with E-state index in [1.807, 2.05) is 12.1 Å². The number of nitrogens with zero attached hydrogens (tertiary/aromatic N) is 2. The molecule has 0 fully saturated rings. The zero-order chi connectivity index (χ0) is 11.9. The molecule has 1 aromatic rings. The highest BCUT2D eigenvalue weighted by atomic mass is 16.5. The average Bonchev–Trinajstić information content (AvgIpc) is 2.65. The second-order valence-corrected chi connectivity index (χ2v) is 4.16. The molecule has 1 aromatic heterocycles. The summed E-state index contributed by atoms with van der Waals surface area (Å²) in [5.41, 5.74) is 1.07. The number of aliphatic imine (C=N–C) groups is 1. The molecule has 0 radical (unpaired) electrons. The first kappa shape index (κ1) is 11.9. The van der Waals surface area contributed by atoms with Crippen molar-refractivity contribution in [2.24, 2.45) is 4.99 Å². The molecule has 0 bridgehead atoms. The van der Waals surface area contributed by atoms with Crippen LogP contribution in [0.2, 0.25) is 0 Å². The highest BCUT2D eigenvalue weighted by Crippen LogP contribution is 2.13. The molecule has 0 aliphatic carbocycles. The van der Waals surface area contributed by atoms with Crippen molar-refractivity contribution in [2.75, 3.05) is 13.7 Å². The Morgan fingerprint density at radius 3 is 3.18 bits per heavy atom. The van der Waals surface area contributed by atoms with Gasteiger partial charge in [0.05, 0.1) is 12.9 Å². The first-order valence-electron chi connectivity index (χ1n) is 6.15. The third-order valence-corrected chi connectivity index (χ3v) is 2.90. The molecule has 0 amide bonds. The van der Waals surface area contributed by atoms with Crippen LogP contribution in [-0.2, 0) is 6.54 Å². The van der Waals surface area contributed by atoms with Crippen molar-refractivity contribution >= 4 is 5.84 Å². The van der Waals surface area contributed by atoms with Gasteiger partial charge in [-0.05, 0) is 18.9 Å². The Kier molecular flexibility index (Phi) is 4.36. The van der Waals surface area contributed by atoms with E-state index in [1.165, 1.54) is 19.3 Å². The predicted octanol–water partition coefficient (Wildman–Crippen LogP) is 2.15. The lowest BCUT2D eigenvalue weighted by atomic mass is 10.2. The molecule has 0 aromatic carbocycles. The number of nitrogens with one attached hydrogen (secondary N) is 1. The molecule has 92 valence electrons. The summed E-state index contributed by atoms with van der Waals surface area (Å²) in [6, 6.07) is 3.95. The predicted molar refractivity (Wildman–Crippen MR) is 68.4 cm³/mol. The summed E-state index contributed by atoms with van der Waals surface area (Å²) in [5, 5.41) is 3.38. The highest BCUT2D eigenvalue weighted by molar-refractivity contribution is 5.82. The minimum absolute atomic E-state index is 0.689. The molecule has 1 aliphatic heterocycles. The topological polar surface area (TPSA) is 46.5 Å². The zero-order valence-corrected chi connectivity index (χ0v) is 10.3. The molecule has 2 heterocycles. The molecule has 0 saturated heterocycles. The monoisotopic (exact) mass is 233 g/mol. The first-order chi connectivity index (χ1) is 8.40. The molecule has 0 saturated carbocycles. The maximum absolute atomic E-state index is 5.22. The lowest BCUT2D eigenvalue weighted by Gasteiger charge is -2.10. The van der Waals surface area contributed by atoms with E-state index < -0.39 is 0 Å². The van der Waals surface area contributed by atoms with Crippen LogP contribution < -0.4 is 10.1 Å². The fraction of sp³-hybridized carbons (Fsp3) is 0.538. The van der Waals surface area contributed by atoms with Crippen molar-refractivity contribution in [1.82, 2.24) is 10.3 Å². The van der Waals surface area contributed by atoms with Gasteiger partial charge < -0.3 is 10.1 Å². The normalized spacial score (nSPS) is 15.9. The van der Waals surface area contributed by atoms with Crippen LogP contribution in [0.1, 0.15) is 31.2 Å². The Morgan fingerprint density at radius 2 is 2.29 bits per heavy atom. The molecule has 17 heavy (non-hydrogen) atoms. The first-order valence-corrected chi connectivity index (χ1v) is 6.15. The summed E-state index contributed by atoms with van der Waals surface area (Å²) in [6.07, 6.45) is 6.52. The molecule has 0 atom stereocenters. The van der Waals surface area contributed by atoms with Crippen molar-refractivity contribution in [3.63, 3.8) is 0 Å². The van der Waals surface area contributed by atoms with Gasteiger partial charge >= 0.3 is 0 Å². The smallest absolute Gasteiger partial charge is 0.218 e. The van der Waals surface area contributed by atoms with Gasteiger partial charge in [0, 0.05) is 31.3 Å². The largest absolute Gasteiger partial charge is 0.481 e. The van der Waals surface area contributed by atoms with E-state index in [-0.39, 0.29) is 0 Å². The van der Waals surface area contributed by atoms with Gasteiger partial charge in [-0.1, -0.05) is 12.5 Å². The number of pyridine rings is 1. The summed E-state index contributed by atoms with van der Waals surface area (Å²) in [5.74, 6) is 1.81. The van der Waals surface area contributed by atoms with Crippen molar-refractivity contribution in [1.29, 1.82) is 0 Å². The molecule has 0 unspecified atom stereocenters. The van der Waals surface area contributed by atoms with Crippen LogP contribution in [0.5, 0.6) is 5.88 Å². The standard InChI is InChI=1S/C13H19N3O/c1-17-13-11(6-5-9-15-13)10-16-12-7-3-2-4-8-14-12/h5-6,9H,2-4,7-8,10H2,1H3,(H,14,16). The van der Waals surface area contributed by atoms with Crippen molar-refractivity contribution in [3.05, 3.63) is 23.9 Å². The Hall–Kier alpha value is -1.58. The molecule has 4 heteroatoms. The summed E-state index contributed by atoms with van der Waals surface area (Å²) >= 11 is 0. The Bertz CT molecular complexity index is 390. The SMILES string of the molecule is COc1ncccc1CNC1=NCCCCC1. The molecule has 0 spiro atoms. The molecular formula is C13H19N3O. The minimum atomic E-state index is 0.689. The Labute approximate surface area is 102 Å². The fourth-order valence-electron chi connectivity index (χ4n) is 1.96. The van der Waals surface area contributed by atoms with Crippen LogP contribution in [0.25, 0.3) is 0 Å². The number of hydrogen-bond acceptors (Lipinski definition) is 4. The number of rotatable bonds is 3. The van der Waals surface area contributed by atoms with Crippen molar-refractivity contribution in [3.8, 4) is 5.88 Å². The van der Waals surface area contributed by atoms with Gasteiger partial charge in [-0.15, -0.1) is 0 Å². The fourth-order valence-corrected chi connectivity index (χ4v) is 1.96. The molecular weight excluding hydrogens is 214 g/mol. The Balaban J connectivity index is 1.94. The molecule has 4 nitrogen and oxygen atoms in total. The van der Waals surface area contributed by atoms with Gasteiger partial charge in [0.25, 0.3) is 0 Å². The summed E-state index contributed by atoms with van der Waals surface area (Å²) < 4.78 is 5.22. The highest BCUT2D eigenvalue weighted by Gasteiger charge is 2.06. The van der Waals surface area contributed by atoms with Crippen LogP contribution >= 0.6 is 0 Å². The number of hydrogen-bond donors (Lipinski definition) is 1. The number of amidine groups is 1. The zero-order valence-electron chi connectivity index (χ0n) is 10.3. The third-order valence-electron chi connectivity index (χ3n) is 2.90. The second kappa shape index (κ2) is 6.23. The number of methoxy groups -OCH3 is 1. The minimum Gasteiger partial charge on any atom is -0.481 e. The van der Waals surface area contributed by atoms with Crippen molar-refractivity contribution < 1.29 is 4.74 Å². The summed E-state index contributed by atoms with van der Waals surface area (Å²) in [7, 11) is 1.65. The Morgan fingerprint density at radius 1 is 1.35 bits per heavy atom. The van der Waals surface area contributed by atoms with E-state index in [1.54, 1.807) is 13.3 Å². The van der Waals surface area contributed by atoms with Crippen LogP contribution in [0.15, 0.2) is 23.3 Å². The summed E-state index contributed by atoms with van der Waals surface area (Å²) in [4.78, 5) is 8.72. The lowest BCUT2D eigenvalue weighted by molar-refractivity contribution is 0.392.